The van der Waals surface area contributed by atoms with Crippen LogP contribution in [0.3, 0.4) is 0 Å². The van der Waals surface area contributed by atoms with Crippen molar-refractivity contribution in [3.8, 4) is 0 Å². The van der Waals surface area contributed by atoms with Crippen molar-refractivity contribution >= 4 is 5.91 Å². The molecular formula is C19H30N2O. The van der Waals surface area contributed by atoms with Gasteiger partial charge in [0, 0.05) is 18.5 Å². The zero-order valence-corrected chi connectivity index (χ0v) is 13.9. The average molecular weight is 302 g/mol. The number of carbonyl (C=O) groups is 1. The first-order valence-electron chi connectivity index (χ1n) is 8.65. The van der Waals surface area contributed by atoms with Gasteiger partial charge in [0.2, 0.25) is 5.91 Å². The van der Waals surface area contributed by atoms with E-state index in [1.807, 2.05) is 0 Å². The van der Waals surface area contributed by atoms with Gasteiger partial charge in [-0.05, 0) is 49.5 Å². The molecule has 0 heterocycles. The molecule has 0 aliphatic heterocycles. The lowest BCUT2D eigenvalue weighted by Gasteiger charge is -2.29. The number of hydrogen-bond acceptors (Lipinski definition) is 2. The van der Waals surface area contributed by atoms with Crippen LogP contribution in [0.25, 0.3) is 0 Å². The highest BCUT2D eigenvalue weighted by Gasteiger charge is 2.28. The Morgan fingerprint density at radius 2 is 1.82 bits per heavy atom. The molecule has 22 heavy (non-hydrogen) atoms. The van der Waals surface area contributed by atoms with Crippen molar-refractivity contribution in [3.63, 3.8) is 0 Å². The molecule has 1 atom stereocenters. The lowest BCUT2D eigenvalue weighted by molar-refractivity contribution is -0.126. The number of benzene rings is 1. The molecule has 0 aromatic heterocycles. The van der Waals surface area contributed by atoms with Crippen molar-refractivity contribution in [2.75, 3.05) is 6.54 Å². The molecule has 0 radical (unpaired) electrons. The smallest absolute Gasteiger partial charge is 0.223 e. The van der Waals surface area contributed by atoms with Crippen LogP contribution in [0.15, 0.2) is 30.3 Å². The third-order valence-electron chi connectivity index (χ3n) is 4.76. The van der Waals surface area contributed by atoms with E-state index in [4.69, 9.17) is 5.73 Å². The van der Waals surface area contributed by atoms with Crippen LogP contribution in [0.5, 0.6) is 0 Å². The summed E-state index contributed by atoms with van der Waals surface area (Å²) in [6, 6.07) is 10.8. The normalized spacial score (nSPS) is 23.3. The molecule has 1 aliphatic carbocycles. The van der Waals surface area contributed by atoms with Gasteiger partial charge in [-0.3, -0.25) is 4.79 Å². The maximum absolute atomic E-state index is 12.4. The van der Waals surface area contributed by atoms with E-state index in [-0.39, 0.29) is 17.9 Å². The fourth-order valence-corrected chi connectivity index (χ4v) is 3.52. The van der Waals surface area contributed by atoms with Gasteiger partial charge in [-0.25, -0.2) is 0 Å². The fourth-order valence-electron chi connectivity index (χ4n) is 3.52. The zero-order chi connectivity index (χ0) is 15.9. The fraction of sp³-hybridized carbons (Fsp3) is 0.632. The van der Waals surface area contributed by atoms with E-state index in [9.17, 15) is 4.79 Å². The van der Waals surface area contributed by atoms with Crippen LogP contribution in [0.1, 0.15) is 57.4 Å². The molecule has 3 nitrogen and oxygen atoms in total. The Morgan fingerprint density at radius 1 is 1.18 bits per heavy atom. The molecule has 1 unspecified atom stereocenters. The summed E-state index contributed by atoms with van der Waals surface area (Å²) in [7, 11) is 0. The Morgan fingerprint density at radius 3 is 2.36 bits per heavy atom. The number of nitrogens with two attached hydrogens (primary N) is 1. The molecule has 3 heteroatoms. The summed E-state index contributed by atoms with van der Waals surface area (Å²) in [6.45, 7) is 4.86. The van der Waals surface area contributed by atoms with Gasteiger partial charge < -0.3 is 11.1 Å². The van der Waals surface area contributed by atoms with Crippen LogP contribution in [0.4, 0.5) is 0 Å². The van der Waals surface area contributed by atoms with Crippen molar-refractivity contribution in [1.29, 1.82) is 0 Å². The summed E-state index contributed by atoms with van der Waals surface area (Å²) in [4.78, 5) is 12.4. The molecule has 3 N–H and O–H groups in total. The van der Waals surface area contributed by atoms with Gasteiger partial charge in [0.05, 0.1) is 0 Å². The van der Waals surface area contributed by atoms with E-state index >= 15 is 0 Å². The van der Waals surface area contributed by atoms with E-state index in [1.54, 1.807) is 0 Å². The predicted molar refractivity (Wildman–Crippen MR) is 91.6 cm³/mol. The van der Waals surface area contributed by atoms with Gasteiger partial charge in [0.1, 0.15) is 0 Å². The van der Waals surface area contributed by atoms with E-state index in [1.165, 1.54) is 5.56 Å². The van der Waals surface area contributed by atoms with Crippen LogP contribution in [-0.2, 0) is 4.79 Å². The highest BCUT2D eigenvalue weighted by molar-refractivity contribution is 5.79. The van der Waals surface area contributed by atoms with Crippen molar-refractivity contribution in [2.45, 2.75) is 57.9 Å². The summed E-state index contributed by atoms with van der Waals surface area (Å²) in [5, 5.41) is 3.16. The van der Waals surface area contributed by atoms with Crippen molar-refractivity contribution in [1.82, 2.24) is 5.32 Å². The summed E-state index contributed by atoms with van der Waals surface area (Å²) in [6.07, 6.45) is 5.16. The molecule has 1 aromatic carbocycles. The molecule has 1 aliphatic rings. The molecule has 1 aromatic rings. The first-order valence-corrected chi connectivity index (χ1v) is 8.65. The monoisotopic (exact) mass is 302 g/mol. The highest BCUT2D eigenvalue weighted by atomic mass is 16.1. The Bertz CT molecular complexity index is 450. The Balaban J connectivity index is 1.82. The van der Waals surface area contributed by atoms with E-state index < -0.39 is 0 Å². The Labute approximate surface area is 134 Å². The Hall–Kier alpha value is -1.35. The molecule has 2 rings (SSSR count). The highest BCUT2D eigenvalue weighted by Crippen LogP contribution is 2.35. The van der Waals surface area contributed by atoms with Crippen molar-refractivity contribution < 1.29 is 4.79 Å². The van der Waals surface area contributed by atoms with E-state index in [0.717, 1.165) is 32.1 Å². The van der Waals surface area contributed by atoms with Gasteiger partial charge in [0.25, 0.3) is 0 Å². The SMILES string of the molecule is CC(C)CC(CN)NC(=O)C1CCC(c2ccccc2)CC1. The van der Waals surface area contributed by atoms with Crippen LogP contribution in [0, 0.1) is 11.8 Å². The second-order valence-electron chi connectivity index (χ2n) is 7.03. The van der Waals surface area contributed by atoms with Crippen LogP contribution >= 0.6 is 0 Å². The third kappa shape index (κ3) is 4.84. The van der Waals surface area contributed by atoms with Gasteiger partial charge in [0.15, 0.2) is 0 Å². The number of carbonyl (C=O) groups excluding carboxylic acids is 1. The van der Waals surface area contributed by atoms with Crippen LogP contribution in [0.2, 0.25) is 0 Å². The lowest BCUT2D eigenvalue weighted by Crippen LogP contribution is -2.44. The molecule has 0 bridgehead atoms. The average Bonchev–Trinajstić information content (AvgIpc) is 2.54. The van der Waals surface area contributed by atoms with Crippen LogP contribution < -0.4 is 11.1 Å². The summed E-state index contributed by atoms with van der Waals surface area (Å²) in [5.74, 6) is 1.55. The maximum Gasteiger partial charge on any atom is 0.223 e. The molecule has 0 saturated heterocycles. The van der Waals surface area contributed by atoms with Gasteiger partial charge in [-0.1, -0.05) is 44.2 Å². The predicted octanol–water partition coefficient (Wildman–Crippen LogP) is 3.45. The Kier molecular flexibility index (Phi) is 6.44. The van der Waals surface area contributed by atoms with Gasteiger partial charge >= 0.3 is 0 Å². The summed E-state index contributed by atoms with van der Waals surface area (Å²) >= 11 is 0. The topological polar surface area (TPSA) is 55.1 Å². The van der Waals surface area contributed by atoms with Crippen molar-refractivity contribution in [3.05, 3.63) is 35.9 Å². The minimum Gasteiger partial charge on any atom is -0.352 e. The molecule has 0 spiro atoms. The number of amides is 1. The number of rotatable bonds is 6. The first kappa shape index (κ1) is 17.0. The molecule has 1 amide bonds. The second kappa shape index (κ2) is 8.33. The molecule has 122 valence electrons. The molecule has 1 fully saturated rings. The minimum absolute atomic E-state index is 0.124. The lowest BCUT2D eigenvalue weighted by atomic mass is 9.78. The third-order valence-corrected chi connectivity index (χ3v) is 4.76. The zero-order valence-electron chi connectivity index (χ0n) is 13.9. The molecular weight excluding hydrogens is 272 g/mol. The summed E-state index contributed by atoms with van der Waals surface area (Å²) in [5.41, 5.74) is 7.20. The number of hydrogen-bond donors (Lipinski definition) is 2. The summed E-state index contributed by atoms with van der Waals surface area (Å²) < 4.78 is 0. The standard InChI is InChI=1S/C19H30N2O/c1-14(2)12-18(13-20)21-19(22)17-10-8-16(9-11-17)15-6-4-3-5-7-15/h3-7,14,16-18H,8-13,20H2,1-2H3,(H,21,22). The van der Waals surface area contributed by atoms with Gasteiger partial charge in [-0.2, -0.15) is 0 Å². The quantitative estimate of drug-likeness (QED) is 0.845. The maximum atomic E-state index is 12.4. The van der Waals surface area contributed by atoms with E-state index in [0.29, 0.717) is 18.4 Å². The van der Waals surface area contributed by atoms with Crippen LogP contribution in [-0.4, -0.2) is 18.5 Å². The minimum atomic E-state index is 0.124. The largest absolute Gasteiger partial charge is 0.352 e. The van der Waals surface area contributed by atoms with E-state index in [2.05, 4.69) is 49.5 Å². The van der Waals surface area contributed by atoms with Gasteiger partial charge in [-0.15, -0.1) is 0 Å². The van der Waals surface area contributed by atoms with Crippen molar-refractivity contribution in [2.24, 2.45) is 17.6 Å². The first-order chi connectivity index (χ1) is 10.6. The number of nitrogens with one attached hydrogen (secondary N) is 1. The second-order valence-corrected chi connectivity index (χ2v) is 7.03. The molecule has 1 saturated carbocycles.